The van der Waals surface area contributed by atoms with E-state index in [9.17, 15) is 9.59 Å². The zero-order valence-electron chi connectivity index (χ0n) is 8.80. The molecule has 0 aliphatic rings. The zero-order chi connectivity index (χ0) is 12.0. The molecular weight excluding hydrogens is 208 g/mol. The molecule has 5 nitrogen and oxygen atoms in total. The summed E-state index contributed by atoms with van der Waals surface area (Å²) in [5.74, 6) is -1.38. The van der Waals surface area contributed by atoms with E-state index < -0.39 is 11.9 Å². The van der Waals surface area contributed by atoms with Crippen molar-refractivity contribution < 1.29 is 14.7 Å². The minimum absolute atomic E-state index is 0.0251. The third-order valence-corrected chi connectivity index (χ3v) is 2.06. The van der Waals surface area contributed by atoms with Crippen molar-refractivity contribution in [3.05, 3.63) is 30.3 Å². The van der Waals surface area contributed by atoms with Crippen LogP contribution >= 0.6 is 0 Å². The molecular formula is C11H14N2O3. The Balaban J connectivity index is 2.71. The molecule has 0 aliphatic carbocycles. The molecule has 0 aliphatic heterocycles. The molecule has 1 aromatic carbocycles. The number of carboxylic acids is 1. The minimum atomic E-state index is -0.898. The lowest BCUT2D eigenvalue weighted by molar-refractivity contribution is -0.136. The average molecular weight is 222 g/mol. The van der Waals surface area contributed by atoms with Gasteiger partial charge in [0.1, 0.15) is 0 Å². The number of anilines is 1. The number of rotatable bonds is 6. The van der Waals surface area contributed by atoms with Gasteiger partial charge >= 0.3 is 5.97 Å². The van der Waals surface area contributed by atoms with Crippen molar-refractivity contribution in [1.82, 2.24) is 0 Å². The maximum atomic E-state index is 10.9. The van der Waals surface area contributed by atoms with Gasteiger partial charge < -0.3 is 15.7 Å². The van der Waals surface area contributed by atoms with Gasteiger partial charge in [0, 0.05) is 12.2 Å². The number of hydrogen-bond donors (Lipinski definition) is 2. The molecule has 1 amide bonds. The van der Waals surface area contributed by atoms with E-state index in [1.807, 2.05) is 30.3 Å². The van der Waals surface area contributed by atoms with Crippen LogP contribution in [0.4, 0.5) is 5.69 Å². The normalized spacial score (nSPS) is 9.75. The lowest BCUT2D eigenvalue weighted by Gasteiger charge is -2.22. The first kappa shape index (κ1) is 12.0. The second-order valence-electron chi connectivity index (χ2n) is 3.37. The highest BCUT2D eigenvalue weighted by Crippen LogP contribution is 2.12. The zero-order valence-corrected chi connectivity index (χ0v) is 8.80. The van der Waals surface area contributed by atoms with Crippen molar-refractivity contribution >= 4 is 17.6 Å². The van der Waals surface area contributed by atoms with E-state index in [4.69, 9.17) is 10.8 Å². The number of aliphatic carboxylic acids is 1. The molecule has 5 heteroatoms. The fourth-order valence-corrected chi connectivity index (χ4v) is 1.36. The van der Waals surface area contributed by atoms with Crippen molar-refractivity contribution in [3.63, 3.8) is 0 Å². The van der Waals surface area contributed by atoms with Gasteiger partial charge in [-0.05, 0) is 12.1 Å². The first-order chi connectivity index (χ1) is 7.59. The molecule has 0 aromatic heterocycles. The Bertz CT molecular complexity index is 365. The van der Waals surface area contributed by atoms with E-state index in [0.717, 1.165) is 5.69 Å². The Hall–Kier alpha value is -2.04. The molecule has 0 saturated carbocycles. The Kier molecular flexibility index (Phi) is 4.32. The lowest BCUT2D eigenvalue weighted by atomic mass is 10.2. The van der Waals surface area contributed by atoms with Crippen LogP contribution in [0.15, 0.2) is 30.3 Å². The fourth-order valence-electron chi connectivity index (χ4n) is 1.36. The van der Waals surface area contributed by atoms with E-state index in [1.165, 1.54) is 0 Å². The maximum absolute atomic E-state index is 10.9. The highest BCUT2D eigenvalue weighted by atomic mass is 16.4. The second-order valence-corrected chi connectivity index (χ2v) is 3.37. The quantitative estimate of drug-likeness (QED) is 0.732. The predicted molar refractivity (Wildman–Crippen MR) is 60.1 cm³/mol. The van der Waals surface area contributed by atoms with E-state index in [-0.39, 0.29) is 19.5 Å². The summed E-state index contributed by atoms with van der Waals surface area (Å²) < 4.78 is 0. The number of carboxylic acid groups (broad SMARTS) is 1. The molecule has 0 fully saturated rings. The molecule has 0 spiro atoms. The van der Waals surface area contributed by atoms with Crippen LogP contribution in [-0.4, -0.2) is 30.1 Å². The first-order valence-corrected chi connectivity index (χ1v) is 4.89. The van der Waals surface area contributed by atoms with Crippen LogP contribution in [0.25, 0.3) is 0 Å². The van der Waals surface area contributed by atoms with Gasteiger partial charge in [-0.2, -0.15) is 0 Å². The van der Waals surface area contributed by atoms with Gasteiger partial charge in [0.25, 0.3) is 0 Å². The molecule has 16 heavy (non-hydrogen) atoms. The number of hydrogen-bond acceptors (Lipinski definition) is 3. The summed E-state index contributed by atoms with van der Waals surface area (Å²) in [6.07, 6.45) is -0.0256. The monoisotopic (exact) mass is 222 g/mol. The number of carbonyl (C=O) groups excluding carboxylic acids is 1. The second kappa shape index (κ2) is 5.75. The highest BCUT2D eigenvalue weighted by molar-refractivity contribution is 5.79. The summed E-state index contributed by atoms with van der Waals surface area (Å²) in [5.41, 5.74) is 5.90. The van der Waals surface area contributed by atoms with E-state index in [0.29, 0.717) is 0 Å². The number of carbonyl (C=O) groups is 2. The van der Waals surface area contributed by atoms with Crippen LogP contribution in [-0.2, 0) is 9.59 Å². The summed E-state index contributed by atoms with van der Waals surface area (Å²) in [4.78, 5) is 23.0. The Morgan fingerprint density at radius 3 is 2.38 bits per heavy atom. The molecule has 0 unspecified atom stereocenters. The molecule has 1 aromatic rings. The Labute approximate surface area is 93.5 Å². The van der Waals surface area contributed by atoms with Crippen LogP contribution in [0.5, 0.6) is 0 Å². The van der Waals surface area contributed by atoms with Crippen LogP contribution in [0.3, 0.4) is 0 Å². The molecule has 0 heterocycles. The number of nitrogens with zero attached hydrogens (tertiary/aromatic N) is 1. The standard InChI is InChI=1S/C11H14N2O3/c12-10(14)8-13(7-6-11(15)16)9-4-2-1-3-5-9/h1-5H,6-8H2,(H2,12,14)(H,15,16). The van der Waals surface area contributed by atoms with E-state index in [1.54, 1.807) is 4.90 Å². The Morgan fingerprint density at radius 1 is 1.25 bits per heavy atom. The van der Waals surface area contributed by atoms with Gasteiger partial charge in [0.05, 0.1) is 13.0 Å². The van der Waals surface area contributed by atoms with Crippen molar-refractivity contribution in [2.45, 2.75) is 6.42 Å². The van der Waals surface area contributed by atoms with Crippen LogP contribution in [0, 0.1) is 0 Å². The minimum Gasteiger partial charge on any atom is -0.481 e. The smallest absolute Gasteiger partial charge is 0.305 e. The summed E-state index contributed by atoms with van der Waals surface area (Å²) in [7, 11) is 0. The third-order valence-electron chi connectivity index (χ3n) is 2.06. The number of amides is 1. The third kappa shape index (κ3) is 4.00. The molecule has 0 radical (unpaired) electrons. The first-order valence-electron chi connectivity index (χ1n) is 4.89. The van der Waals surface area contributed by atoms with Gasteiger partial charge in [-0.3, -0.25) is 9.59 Å². The van der Waals surface area contributed by atoms with Crippen molar-refractivity contribution in [2.24, 2.45) is 5.73 Å². The van der Waals surface area contributed by atoms with Crippen molar-refractivity contribution in [2.75, 3.05) is 18.0 Å². The summed E-state index contributed by atoms with van der Waals surface area (Å²) in [6.45, 7) is 0.291. The Morgan fingerprint density at radius 2 is 1.88 bits per heavy atom. The molecule has 0 atom stereocenters. The van der Waals surface area contributed by atoms with Crippen molar-refractivity contribution in [3.8, 4) is 0 Å². The number of benzene rings is 1. The van der Waals surface area contributed by atoms with Crippen LogP contribution in [0.2, 0.25) is 0 Å². The number of para-hydroxylation sites is 1. The fraction of sp³-hybridized carbons (Fsp3) is 0.273. The predicted octanol–water partition coefficient (Wildman–Crippen LogP) is 0.453. The van der Waals surface area contributed by atoms with Crippen molar-refractivity contribution in [1.29, 1.82) is 0 Å². The molecule has 86 valence electrons. The van der Waals surface area contributed by atoms with Gasteiger partial charge in [-0.15, -0.1) is 0 Å². The summed E-state index contributed by atoms with van der Waals surface area (Å²) >= 11 is 0. The maximum Gasteiger partial charge on any atom is 0.305 e. The van der Waals surface area contributed by atoms with Gasteiger partial charge in [0.2, 0.25) is 5.91 Å². The van der Waals surface area contributed by atoms with Gasteiger partial charge in [0.15, 0.2) is 0 Å². The SMILES string of the molecule is NC(=O)CN(CCC(=O)O)c1ccccc1. The molecule has 1 rings (SSSR count). The average Bonchev–Trinajstić information content (AvgIpc) is 2.25. The van der Waals surface area contributed by atoms with E-state index in [2.05, 4.69) is 0 Å². The summed E-state index contributed by atoms with van der Waals surface area (Å²) in [5, 5.41) is 8.60. The van der Waals surface area contributed by atoms with E-state index >= 15 is 0 Å². The topological polar surface area (TPSA) is 83.6 Å². The molecule has 3 N–H and O–H groups in total. The highest BCUT2D eigenvalue weighted by Gasteiger charge is 2.10. The number of nitrogens with two attached hydrogens (primary N) is 1. The van der Waals surface area contributed by atoms with Crippen LogP contribution in [0.1, 0.15) is 6.42 Å². The number of primary amides is 1. The van der Waals surface area contributed by atoms with Gasteiger partial charge in [-0.1, -0.05) is 18.2 Å². The van der Waals surface area contributed by atoms with Crippen LogP contribution < -0.4 is 10.6 Å². The lowest BCUT2D eigenvalue weighted by Crippen LogP contribution is -2.35. The van der Waals surface area contributed by atoms with Gasteiger partial charge in [-0.25, -0.2) is 0 Å². The molecule has 0 saturated heterocycles. The molecule has 0 bridgehead atoms. The largest absolute Gasteiger partial charge is 0.481 e. The summed E-state index contributed by atoms with van der Waals surface area (Å²) in [6, 6.07) is 9.12.